The summed E-state index contributed by atoms with van der Waals surface area (Å²) in [5.41, 5.74) is 2.32. The van der Waals surface area contributed by atoms with E-state index in [4.69, 9.17) is 0 Å². The highest BCUT2D eigenvalue weighted by Gasteiger charge is 2.55. The van der Waals surface area contributed by atoms with Gasteiger partial charge in [0.1, 0.15) is 5.75 Å². The summed E-state index contributed by atoms with van der Waals surface area (Å²) in [6.07, 6.45) is 3.88. The first-order chi connectivity index (χ1) is 9.41. The Hall–Kier alpha value is -0.730. The summed E-state index contributed by atoms with van der Waals surface area (Å²) < 4.78 is 0. The molecule has 1 heterocycles. The number of halogens is 1. The Kier molecular flexibility index (Phi) is 4.60. The van der Waals surface area contributed by atoms with Gasteiger partial charge in [0, 0.05) is 19.6 Å². The first-order valence-corrected chi connectivity index (χ1v) is 7.91. The van der Waals surface area contributed by atoms with Gasteiger partial charge in [-0.15, -0.1) is 12.4 Å². The van der Waals surface area contributed by atoms with E-state index < -0.39 is 0 Å². The molecule has 3 heteroatoms. The van der Waals surface area contributed by atoms with Crippen LogP contribution in [0.3, 0.4) is 0 Å². The van der Waals surface area contributed by atoms with Crippen LogP contribution in [-0.4, -0.2) is 29.6 Å². The lowest BCUT2D eigenvalue weighted by Gasteiger charge is -2.50. The van der Waals surface area contributed by atoms with Crippen LogP contribution >= 0.6 is 12.4 Å². The van der Waals surface area contributed by atoms with Gasteiger partial charge >= 0.3 is 0 Å². The minimum atomic E-state index is 0. The second-order valence-electron chi connectivity index (χ2n) is 7.67. The molecule has 2 nitrogen and oxygen atoms in total. The maximum atomic E-state index is 9.33. The number of hydrogen-bond donors (Lipinski definition) is 1. The van der Waals surface area contributed by atoms with Gasteiger partial charge in [-0.05, 0) is 53.7 Å². The molecule has 0 amide bonds. The molecule has 1 aliphatic carbocycles. The zero-order chi connectivity index (χ0) is 14.4. The minimum absolute atomic E-state index is 0. The van der Waals surface area contributed by atoms with Crippen molar-refractivity contribution in [1.82, 2.24) is 4.90 Å². The molecule has 2 aliphatic rings. The fraction of sp³-hybridized carbons (Fsp3) is 0.667. The predicted octanol–water partition coefficient (Wildman–Crippen LogP) is 4.11. The van der Waals surface area contributed by atoms with E-state index in [1.807, 2.05) is 12.1 Å². The van der Waals surface area contributed by atoms with Gasteiger partial charge in [-0.25, -0.2) is 0 Å². The summed E-state index contributed by atoms with van der Waals surface area (Å²) in [6.45, 7) is 11.1. The van der Waals surface area contributed by atoms with Crippen molar-refractivity contribution in [3.63, 3.8) is 0 Å². The van der Waals surface area contributed by atoms with E-state index in [1.165, 1.54) is 31.5 Å². The quantitative estimate of drug-likeness (QED) is 0.908. The van der Waals surface area contributed by atoms with E-state index in [1.54, 1.807) is 12.1 Å². The van der Waals surface area contributed by atoms with Gasteiger partial charge in [0.15, 0.2) is 0 Å². The molecule has 1 saturated heterocycles. The van der Waals surface area contributed by atoms with Gasteiger partial charge < -0.3 is 10.0 Å². The maximum absolute atomic E-state index is 9.33. The Morgan fingerprint density at radius 1 is 1.19 bits per heavy atom. The molecule has 0 aromatic heterocycles. The molecule has 2 fully saturated rings. The van der Waals surface area contributed by atoms with Gasteiger partial charge in [0.25, 0.3) is 0 Å². The maximum Gasteiger partial charge on any atom is 0.115 e. The summed E-state index contributed by atoms with van der Waals surface area (Å²) in [5, 5.41) is 9.33. The molecule has 21 heavy (non-hydrogen) atoms. The number of rotatable bonds is 3. The van der Waals surface area contributed by atoms with Crippen molar-refractivity contribution in [1.29, 1.82) is 0 Å². The topological polar surface area (TPSA) is 23.5 Å². The van der Waals surface area contributed by atoms with Crippen LogP contribution in [0.15, 0.2) is 24.3 Å². The monoisotopic (exact) mass is 309 g/mol. The zero-order valence-corrected chi connectivity index (χ0v) is 14.2. The van der Waals surface area contributed by atoms with Gasteiger partial charge in [0.2, 0.25) is 0 Å². The highest BCUT2D eigenvalue weighted by atomic mass is 35.5. The van der Waals surface area contributed by atoms with E-state index >= 15 is 0 Å². The lowest BCUT2D eigenvalue weighted by molar-refractivity contribution is -0.0169. The standard InChI is InChI=1S/C18H27NO.ClH/c1-17(2)15-8-10-18(17,3)13-19(12-15)11-9-14-4-6-16(20)7-5-14;/h4-7,15,20H,8-13H2,1-3H3;1H/t15?,18-;/m1./s1. The number of fused-ring (bicyclic) bond motifs is 2. The third-order valence-electron chi connectivity index (χ3n) is 6.32. The number of phenols is 1. The Bertz CT molecular complexity index is 484. The number of nitrogens with zero attached hydrogens (tertiary/aromatic N) is 1. The molecule has 0 spiro atoms. The second-order valence-corrected chi connectivity index (χ2v) is 7.67. The van der Waals surface area contributed by atoms with Crippen molar-refractivity contribution < 1.29 is 5.11 Å². The van der Waals surface area contributed by atoms with Crippen LogP contribution in [0.1, 0.15) is 39.2 Å². The number of piperidine rings is 1. The van der Waals surface area contributed by atoms with E-state index in [0.717, 1.165) is 18.9 Å². The Morgan fingerprint density at radius 3 is 2.48 bits per heavy atom. The average Bonchev–Trinajstić information content (AvgIpc) is 2.55. The van der Waals surface area contributed by atoms with Crippen molar-refractivity contribution >= 4 is 12.4 Å². The van der Waals surface area contributed by atoms with E-state index in [-0.39, 0.29) is 12.4 Å². The van der Waals surface area contributed by atoms with Crippen molar-refractivity contribution in [3.05, 3.63) is 29.8 Å². The fourth-order valence-electron chi connectivity index (χ4n) is 4.26. The minimum Gasteiger partial charge on any atom is -0.508 e. The third kappa shape index (κ3) is 2.93. The van der Waals surface area contributed by atoms with Crippen LogP contribution in [0.5, 0.6) is 5.75 Å². The SMILES string of the molecule is CC1(C)C2CC[C@]1(C)CN(CCc1ccc(O)cc1)C2.Cl. The van der Waals surface area contributed by atoms with E-state index in [9.17, 15) is 5.11 Å². The Morgan fingerprint density at radius 2 is 1.86 bits per heavy atom. The normalized spacial score (nSPS) is 30.9. The number of aromatic hydroxyl groups is 1. The zero-order valence-electron chi connectivity index (χ0n) is 13.4. The molecule has 3 rings (SSSR count). The largest absolute Gasteiger partial charge is 0.508 e. The summed E-state index contributed by atoms with van der Waals surface area (Å²) in [4.78, 5) is 2.66. The van der Waals surface area contributed by atoms with Crippen LogP contribution in [-0.2, 0) is 6.42 Å². The highest BCUT2D eigenvalue weighted by Crippen LogP contribution is 2.58. The van der Waals surface area contributed by atoms with Crippen LogP contribution in [0.25, 0.3) is 0 Å². The number of benzene rings is 1. The molecular formula is C18H28ClNO. The molecule has 1 aromatic rings. The molecule has 1 aromatic carbocycles. The van der Waals surface area contributed by atoms with E-state index in [2.05, 4.69) is 25.7 Å². The van der Waals surface area contributed by atoms with Crippen molar-refractivity contribution in [2.45, 2.75) is 40.0 Å². The van der Waals surface area contributed by atoms with Gasteiger partial charge in [-0.2, -0.15) is 0 Å². The number of phenolic OH excluding ortho intramolecular Hbond substituents is 1. The number of hydrogen-bond acceptors (Lipinski definition) is 2. The first-order valence-electron chi connectivity index (χ1n) is 7.91. The van der Waals surface area contributed by atoms with E-state index in [0.29, 0.717) is 16.6 Å². The fourth-order valence-corrected chi connectivity index (χ4v) is 4.26. The first kappa shape index (κ1) is 16.6. The molecule has 2 bridgehead atoms. The highest BCUT2D eigenvalue weighted by molar-refractivity contribution is 5.85. The molecule has 1 saturated carbocycles. The smallest absolute Gasteiger partial charge is 0.115 e. The lowest BCUT2D eigenvalue weighted by Crippen LogP contribution is -2.52. The predicted molar refractivity (Wildman–Crippen MR) is 90.1 cm³/mol. The lowest BCUT2D eigenvalue weighted by atomic mass is 9.63. The molecular weight excluding hydrogens is 282 g/mol. The van der Waals surface area contributed by atoms with Crippen LogP contribution in [0.2, 0.25) is 0 Å². The summed E-state index contributed by atoms with van der Waals surface area (Å²) in [5.74, 6) is 1.22. The summed E-state index contributed by atoms with van der Waals surface area (Å²) in [7, 11) is 0. The Balaban J connectivity index is 0.00000161. The second kappa shape index (κ2) is 5.81. The summed E-state index contributed by atoms with van der Waals surface area (Å²) >= 11 is 0. The Labute approximate surface area is 135 Å². The number of likely N-dealkylation sites (tertiary alicyclic amines) is 1. The average molecular weight is 310 g/mol. The van der Waals surface area contributed by atoms with Gasteiger partial charge in [-0.1, -0.05) is 32.9 Å². The van der Waals surface area contributed by atoms with Crippen LogP contribution in [0, 0.1) is 16.7 Å². The van der Waals surface area contributed by atoms with Crippen LogP contribution in [0.4, 0.5) is 0 Å². The molecule has 2 atom stereocenters. The molecule has 0 radical (unpaired) electrons. The van der Waals surface area contributed by atoms with Crippen molar-refractivity contribution in [2.24, 2.45) is 16.7 Å². The van der Waals surface area contributed by atoms with Crippen molar-refractivity contribution in [2.75, 3.05) is 19.6 Å². The van der Waals surface area contributed by atoms with Crippen molar-refractivity contribution in [3.8, 4) is 5.75 Å². The summed E-state index contributed by atoms with van der Waals surface area (Å²) in [6, 6.07) is 7.67. The third-order valence-corrected chi connectivity index (χ3v) is 6.32. The molecule has 1 N–H and O–H groups in total. The molecule has 1 unspecified atom stereocenters. The molecule has 118 valence electrons. The molecule has 1 aliphatic heterocycles. The van der Waals surface area contributed by atoms with Gasteiger partial charge in [-0.3, -0.25) is 0 Å². The van der Waals surface area contributed by atoms with Crippen LogP contribution < -0.4 is 0 Å². The van der Waals surface area contributed by atoms with Gasteiger partial charge in [0.05, 0.1) is 0 Å².